The molecule has 1 amide bonds. The van der Waals surface area contributed by atoms with Gasteiger partial charge in [-0.1, -0.05) is 23.2 Å². The number of anilines is 1. The zero-order valence-electron chi connectivity index (χ0n) is 13.8. The van der Waals surface area contributed by atoms with E-state index < -0.39 is 37.8 Å². The molecule has 2 N–H and O–H groups in total. The molecule has 2 rings (SSSR count). The van der Waals surface area contributed by atoms with Gasteiger partial charge in [-0.15, -0.1) is 0 Å². The molecule has 0 aromatic heterocycles. The molecule has 1 saturated heterocycles. The fourth-order valence-corrected chi connectivity index (χ4v) is 4.33. The minimum atomic E-state index is -5.23. The van der Waals surface area contributed by atoms with Crippen LogP contribution in [0.5, 0.6) is 0 Å². The third-order valence-electron chi connectivity index (χ3n) is 3.88. The number of benzene rings is 1. The molecular weight excluding hydrogens is 436 g/mol. The van der Waals surface area contributed by atoms with E-state index >= 15 is 0 Å². The van der Waals surface area contributed by atoms with Gasteiger partial charge < -0.3 is 15.2 Å². The van der Waals surface area contributed by atoms with Gasteiger partial charge in [-0.25, -0.2) is 8.42 Å². The van der Waals surface area contributed by atoms with Crippen molar-refractivity contribution in [3.05, 3.63) is 22.2 Å². The Hall–Kier alpha value is -1.11. The van der Waals surface area contributed by atoms with E-state index in [1.54, 1.807) is 5.32 Å². The fraction of sp³-hybridized carbons (Fsp3) is 0.500. The van der Waals surface area contributed by atoms with Gasteiger partial charge in [0, 0.05) is 13.1 Å². The van der Waals surface area contributed by atoms with Crippen molar-refractivity contribution in [3.8, 4) is 0 Å². The standard InChI is InChI=1S/C14H15Cl2F3N2O5S/c1-13(23,14(17,18)19)12(22)20-8-2-3-9(11(16)10(8)15)27(24,25)21-4-6-26-7-5-21/h2-3,23H,4-7H2,1H3,(H,20,22). The Morgan fingerprint density at radius 2 is 1.78 bits per heavy atom. The van der Waals surface area contributed by atoms with Gasteiger partial charge in [0.1, 0.15) is 4.90 Å². The fourth-order valence-electron chi connectivity index (χ4n) is 2.13. The number of amides is 1. The Morgan fingerprint density at radius 1 is 1.22 bits per heavy atom. The second kappa shape index (κ2) is 7.72. The second-order valence-corrected chi connectivity index (χ2v) is 8.44. The average molecular weight is 451 g/mol. The molecule has 0 saturated carbocycles. The largest absolute Gasteiger partial charge is 0.426 e. The highest BCUT2D eigenvalue weighted by molar-refractivity contribution is 7.89. The number of hydrogen-bond acceptors (Lipinski definition) is 5. The van der Waals surface area contributed by atoms with Crippen molar-refractivity contribution in [3.63, 3.8) is 0 Å². The minimum Gasteiger partial charge on any atom is -0.379 e. The van der Waals surface area contributed by atoms with E-state index in [-0.39, 0.29) is 43.8 Å². The van der Waals surface area contributed by atoms with Gasteiger partial charge >= 0.3 is 6.18 Å². The number of sulfonamides is 1. The monoisotopic (exact) mass is 450 g/mol. The van der Waals surface area contributed by atoms with Crippen LogP contribution in [-0.2, 0) is 19.6 Å². The molecule has 7 nitrogen and oxygen atoms in total. The van der Waals surface area contributed by atoms with Crippen LogP contribution >= 0.6 is 23.2 Å². The van der Waals surface area contributed by atoms with Crippen LogP contribution in [0.1, 0.15) is 6.92 Å². The molecule has 1 fully saturated rings. The smallest absolute Gasteiger partial charge is 0.379 e. The van der Waals surface area contributed by atoms with Crippen molar-refractivity contribution in [1.82, 2.24) is 4.31 Å². The van der Waals surface area contributed by atoms with Gasteiger partial charge in [0.05, 0.1) is 28.9 Å². The molecule has 13 heteroatoms. The third kappa shape index (κ3) is 4.33. The van der Waals surface area contributed by atoms with Crippen LogP contribution in [-0.4, -0.2) is 61.8 Å². The van der Waals surface area contributed by atoms with Crippen LogP contribution in [0.15, 0.2) is 17.0 Å². The summed E-state index contributed by atoms with van der Waals surface area (Å²) in [4.78, 5) is 11.4. The Morgan fingerprint density at radius 3 is 2.30 bits per heavy atom. The third-order valence-corrected chi connectivity index (χ3v) is 6.81. The predicted octanol–water partition coefficient (Wildman–Crippen LogP) is 2.27. The molecule has 1 aromatic carbocycles. The topological polar surface area (TPSA) is 95.9 Å². The highest BCUT2D eigenvalue weighted by Gasteiger charge is 2.55. The Bertz CT molecular complexity index is 840. The normalized spacial score (nSPS) is 18.8. The molecule has 1 atom stereocenters. The van der Waals surface area contributed by atoms with Gasteiger partial charge in [-0.05, 0) is 19.1 Å². The van der Waals surface area contributed by atoms with E-state index in [4.69, 9.17) is 27.9 Å². The maximum Gasteiger partial charge on any atom is 0.426 e. The minimum absolute atomic E-state index is 0.100. The average Bonchev–Trinajstić information content (AvgIpc) is 2.58. The van der Waals surface area contributed by atoms with Gasteiger partial charge in [-0.2, -0.15) is 17.5 Å². The van der Waals surface area contributed by atoms with E-state index in [0.29, 0.717) is 0 Å². The molecule has 0 aliphatic carbocycles. The molecule has 1 unspecified atom stereocenters. The summed E-state index contributed by atoms with van der Waals surface area (Å²) < 4.78 is 69.7. The molecule has 1 heterocycles. The van der Waals surface area contributed by atoms with Crippen molar-refractivity contribution < 1.29 is 36.2 Å². The molecule has 1 aromatic rings. The number of morpholine rings is 1. The number of carbonyl (C=O) groups excluding carboxylic acids is 1. The summed E-state index contributed by atoms with van der Waals surface area (Å²) in [5.74, 6) is -1.79. The summed E-state index contributed by atoms with van der Waals surface area (Å²) in [6.07, 6.45) is -5.23. The number of nitrogens with zero attached hydrogens (tertiary/aromatic N) is 1. The zero-order valence-corrected chi connectivity index (χ0v) is 16.1. The van der Waals surface area contributed by atoms with Crippen molar-refractivity contribution >= 4 is 44.8 Å². The summed E-state index contributed by atoms with van der Waals surface area (Å²) in [5, 5.41) is 10.2. The van der Waals surface area contributed by atoms with E-state index in [9.17, 15) is 31.5 Å². The van der Waals surface area contributed by atoms with E-state index in [0.717, 1.165) is 16.4 Å². The summed E-state index contributed by atoms with van der Waals surface area (Å²) in [6, 6.07) is 2.00. The van der Waals surface area contributed by atoms with Gasteiger partial charge in [0.25, 0.3) is 5.91 Å². The summed E-state index contributed by atoms with van der Waals surface area (Å²) >= 11 is 11.9. The molecule has 0 spiro atoms. The SMILES string of the molecule is CC(O)(C(=O)Nc1ccc(S(=O)(=O)N2CCOCC2)c(Cl)c1Cl)C(F)(F)F. The lowest BCUT2D eigenvalue weighted by atomic mass is 10.1. The number of ether oxygens (including phenoxy) is 1. The van der Waals surface area contributed by atoms with Crippen LogP contribution in [0, 0.1) is 0 Å². The molecule has 0 radical (unpaired) electrons. The summed E-state index contributed by atoms with van der Waals surface area (Å²) in [6.45, 7) is 0.873. The van der Waals surface area contributed by atoms with Crippen molar-refractivity contribution in [2.24, 2.45) is 0 Å². The lowest BCUT2D eigenvalue weighted by Gasteiger charge is -2.27. The predicted molar refractivity (Wildman–Crippen MR) is 91.3 cm³/mol. The number of rotatable bonds is 4. The first-order chi connectivity index (χ1) is 12.3. The highest BCUT2D eigenvalue weighted by Crippen LogP contribution is 2.38. The molecule has 27 heavy (non-hydrogen) atoms. The van der Waals surface area contributed by atoms with E-state index in [2.05, 4.69) is 0 Å². The Labute approximate surface area is 163 Å². The molecule has 1 aliphatic heterocycles. The van der Waals surface area contributed by atoms with Crippen LogP contribution in [0.4, 0.5) is 18.9 Å². The maximum absolute atomic E-state index is 12.7. The van der Waals surface area contributed by atoms with Crippen LogP contribution in [0.3, 0.4) is 0 Å². The van der Waals surface area contributed by atoms with E-state index in [1.807, 2.05) is 0 Å². The van der Waals surface area contributed by atoms with Gasteiger partial charge in [0.15, 0.2) is 0 Å². The number of halogens is 5. The lowest BCUT2D eigenvalue weighted by molar-refractivity contribution is -0.242. The van der Waals surface area contributed by atoms with Crippen molar-refractivity contribution in [1.29, 1.82) is 0 Å². The van der Waals surface area contributed by atoms with Crippen molar-refractivity contribution in [2.75, 3.05) is 31.6 Å². The molecule has 152 valence electrons. The first-order valence-corrected chi connectivity index (χ1v) is 9.66. The maximum atomic E-state index is 12.7. The first-order valence-electron chi connectivity index (χ1n) is 7.46. The highest BCUT2D eigenvalue weighted by atomic mass is 35.5. The van der Waals surface area contributed by atoms with Crippen LogP contribution in [0.2, 0.25) is 10.0 Å². The number of alkyl halides is 3. The Balaban J connectivity index is 2.34. The van der Waals surface area contributed by atoms with Gasteiger partial charge in [0.2, 0.25) is 15.6 Å². The van der Waals surface area contributed by atoms with Crippen LogP contribution in [0.25, 0.3) is 0 Å². The quantitative estimate of drug-likeness (QED) is 0.733. The number of hydrogen-bond donors (Lipinski definition) is 2. The summed E-state index contributed by atoms with van der Waals surface area (Å²) in [5.41, 5.74) is -4.06. The van der Waals surface area contributed by atoms with E-state index in [1.165, 1.54) is 0 Å². The second-order valence-electron chi connectivity index (χ2n) is 5.78. The molecule has 1 aliphatic rings. The lowest BCUT2D eigenvalue weighted by Crippen LogP contribution is -2.52. The number of aliphatic hydroxyl groups is 1. The molecular formula is C14H15Cl2F3N2O5S. The molecule has 0 bridgehead atoms. The number of nitrogens with one attached hydrogen (secondary N) is 1. The zero-order chi connectivity index (χ0) is 20.6. The first kappa shape index (κ1) is 22.2. The van der Waals surface area contributed by atoms with Crippen LogP contribution < -0.4 is 5.32 Å². The Kier molecular flexibility index (Phi) is 6.34. The van der Waals surface area contributed by atoms with Gasteiger partial charge in [-0.3, -0.25) is 4.79 Å². The number of carbonyl (C=O) groups is 1. The van der Waals surface area contributed by atoms with Crippen molar-refractivity contribution in [2.45, 2.75) is 23.6 Å². The summed E-state index contributed by atoms with van der Waals surface area (Å²) in [7, 11) is -4.02.